The van der Waals surface area contributed by atoms with E-state index in [1.807, 2.05) is 0 Å². The Morgan fingerprint density at radius 3 is 2.43 bits per heavy atom. The topological polar surface area (TPSA) is 32.5 Å². The lowest BCUT2D eigenvalue weighted by atomic mass is 10.1. The van der Waals surface area contributed by atoms with Gasteiger partial charge in [0, 0.05) is 56.4 Å². The number of hydrogen-bond acceptors (Lipinski definition) is 3. The fourth-order valence-corrected chi connectivity index (χ4v) is 2.82. The van der Waals surface area contributed by atoms with E-state index in [4.69, 9.17) is 5.73 Å². The maximum Gasteiger partial charge on any atom is 0.130 e. The van der Waals surface area contributed by atoms with E-state index in [1.165, 1.54) is 12.1 Å². The molecule has 0 amide bonds. The van der Waals surface area contributed by atoms with Crippen molar-refractivity contribution in [3.63, 3.8) is 0 Å². The normalized spacial score (nSPS) is 20.4. The van der Waals surface area contributed by atoms with Crippen LogP contribution in [-0.4, -0.2) is 48.6 Å². The summed E-state index contributed by atoms with van der Waals surface area (Å²) in [6.07, 6.45) is 1.15. The van der Waals surface area contributed by atoms with E-state index < -0.39 is 17.7 Å². The standard InChI is InChI=1S/C16H25F2N3/c1-3-12(2)21-8-6-20(7-9-21)11-16(19)14-5-4-13(17)10-15(14)18/h4-5,10,12,16H,3,6-9,11,19H2,1-2H3. The lowest BCUT2D eigenvalue weighted by molar-refractivity contribution is 0.0966. The minimum atomic E-state index is -0.564. The van der Waals surface area contributed by atoms with Crippen LogP contribution < -0.4 is 5.73 Å². The molecular weight excluding hydrogens is 272 g/mol. The maximum absolute atomic E-state index is 13.7. The van der Waals surface area contributed by atoms with E-state index in [2.05, 4.69) is 23.6 Å². The number of hydrogen-bond donors (Lipinski definition) is 1. The highest BCUT2D eigenvalue weighted by Crippen LogP contribution is 2.18. The van der Waals surface area contributed by atoms with Crippen molar-refractivity contribution < 1.29 is 8.78 Å². The van der Waals surface area contributed by atoms with Crippen LogP contribution >= 0.6 is 0 Å². The summed E-state index contributed by atoms with van der Waals surface area (Å²) in [5.41, 5.74) is 6.47. The monoisotopic (exact) mass is 297 g/mol. The van der Waals surface area contributed by atoms with Gasteiger partial charge in [0.1, 0.15) is 11.6 Å². The van der Waals surface area contributed by atoms with Gasteiger partial charge in [-0.15, -0.1) is 0 Å². The molecule has 1 heterocycles. The zero-order valence-corrected chi connectivity index (χ0v) is 12.9. The third-order valence-corrected chi connectivity index (χ3v) is 4.44. The van der Waals surface area contributed by atoms with Gasteiger partial charge >= 0.3 is 0 Å². The molecule has 1 saturated heterocycles. The van der Waals surface area contributed by atoms with Gasteiger partial charge in [-0.3, -0.25) is 9.80 Å². The van der Waals surface area contributed by atoms with E-state index in [0.717, 1.165) is 38.7 Å². The Labute approximate surface area is 125 Å². The van der Waals surface area contributed by atoms with Gasteiger partial charge in [-0.05, 0) is 19.4 Å². The van der Waals surface area contributed by atoms with Crippen LogP contribution in [0.4, 0.5) is 8.78 Å². The molecule has 3 nitrogen and oxygen atoms in total. The summed E-state index contributed by atoms with van der Waals surface area (Å²) in [5.74, 6) is -1.12. The minimum absolute atomic E-state index is 0.390. The molecule has 5 heteroatoms. The summed E-state index contributed by atoms with van der Waals surface area (Å²) in [6.45, 7) is 8.99. The molecule has 0 spiro atoms. The van der Waals surface area contributed by atoms with Crippen molar-refractivity contribution in [2.45, 2.75) is 32.4 Å². The van der Waals surface area contributed by atoms with Crippen molar-refractivity contribution >= 4 is 0 Å². The summed E-state index contributed by atoms with van der Waals surface area (Å²) < 4.78 is 26.6. The van der Waals surface area contributed by atoms with E-state index in [9.17, 15) is 8.78 Å². The van der Waals surface area contributed by atoms with Crippen LogP contribution in [0.25, 0.3) is 0 Å². The molecule has 1 aliphatic rings. The SMILES string of the molecule is CCC(C)N1CCN(CC(N)c2ccc(F)cc2F)CC1. The molecule has 0 bridgehead atoms. The molecule has 1 aliphatic heterocycles. The van der Waals surface area contributed by atoms with E-state index in [0.29, 0.717) is 18.2 Å². The van der Waals surface area contributed by atoms with Gasteiger partial charge in [-0.1, -0.05) is 13.0 Å². The third kappa shape index (κ3) is 4.22. The Morgan fingerprint density at radius 1 is 1.19 bits per heavy atom. The second-order valence-corrected chi connectivity index (χ2v) is 5.87. The van der Waals surface area contributed by atoms with Gasteiger partial charge in [0.25, 0.3) is 0 Å². The smallest absolute Gasteiger partial charge is 0.130 e. The molecule has 1 fully saturated rings. The molecule has 0 aliphatic carbocycles. The molecule has 1 aromatic carbocycles. The second-order valence-electron chi connectivity index (χ2n) is 5.87. The van der Waals surface area contributed by atoms with Crippen LogP contribution in [0.15, 0.2) is 18.2 Å². The van der Waals surface area contributed by atoms with Gasteiger partial charge in [0.05, 0.1) is 0 Å². The maximum atomic E-state index is 13.7. The largest absolute Gasteiger partial charge is 0.323 e. The summed E-state index contributed by atoms with van der Waals surface area (Å²) >= 11 is 0. The van der Waals surface area contributed by atoms with Crippen LogP contribution in [-0.2, 0) is 0 Å². The van der Waals surface area contributed by atoms with Gasteiger partial charge in [-0.25, -0.2) is 8.78 Å². The predicted octanol–water partition coefficient (Wildman–Crippen LogP) is 2.38. The fraction of sp³-hybridized carbons (Fsp3) is 0.625. The van der Waals surface area contributed by atoms with Crippen molar-refractivity contribution in [1.29, 1.82) is 0 Å². The highest BCUT2D eigenvalue weighted by molar-refractivity contribution is 5.22. The zero-order chi connectivity index (χ0) is 15.4. The summed E-state index contributed by atoms with van der Waals surface area (Å²) in [4.78, 5) is 4.73. The van der Waals surface area contributed by atoms with Crippen molar-refractivity contribution in [1.82, 2.24) is 9.80 Å². The summed E-state index contributed by atoms with van der Waals surface area (Å²) in [6, 6.07) is 3.80. The third-order valence-electron chi connectivity index (χ3n) is 4.44. The number of nitrogens with two attached hydrogens (primary N) is 1. The molecule has 2 unspecified atom stereocenters. The molecule has 2 rings (SSSR count). The molecule has 21 heavy (non-hydrogen) atoms. The molecule has 2 N–H and O–H groups in total. The highest BCUT2D eigenvalue weighted by atomic mass is 19.1. The average Bonchev–Trinajstić information content (AvgIpc) is 2.47. The number of halogens is 2. The Bertz CT molecular complexity index is 459. The molecule has 0 saturated carbocycles. The van der Waals surface area contributed by atoms with E-state index >= 15 is 0 Å². The number of piperazine rings is 1. The number of nitrogens with zero attached hydrogens (tertiary/aromatic N) is 2. The summed E-state index contributed by atoms with van der Waals surface area (Å²) in [7, 11) is 0. The van der Waals surface area contributed by atoms with Gasteiger partial charge < -0.3 is 5.73 Å². The predicted molar refractivity (Wildman–Crippen MR) is 81.1 cm³/mol. The van der Waals surface area contributed by atoms with Crippen LogP contribution in [0.3, 0.4) is 0 Å². The number of rotatable bonds is 5. The fourth-order valence-electron chi connectivity index (χ4n) is 2.82. The molecule has 0 radical (unpaired) electrons. The molecule has 0 aromatic heterocycles. The van der Waals surface area contributed by atoms with Crippen LogP contribution in [0.1, 0.15) is 31.9 Å². The minimum Gasteiger partial charge on any atom is -0.323 e. The first-order valence-electron chi connectivity index (χ1n) is 7.68. The van der Waals surface area contributed by atoms with Gasteiger partial charge in [-0.2, -0.15) is 0 Å². The Morgan fingerprint density at radius 2 is 1.86 bits per heavy atom. The quantitative estimate of drug-likeness (QED) is 0.906. The first-order valence-corrected chi connectivity index (χ1v) is 7.68. The average molecular weight is 297 g/mol. The molecule has 1 aromatic rings. The Hall–Kier alpha value is -1.04. The number of benzene rings is 1. The van der Waals surface area contributed by atoms with Crippen LogP contribution in [0.5, 0.6) is 0 Å². The molecular formula is C16H25F2N3. The Balaban J connectivity index is 1.88. The first kappa shape index (κ1) is 16.3. The van der Waals surface area contributed by atoms with Crippen LogP contribution in [0, 0.1) is 11.6 Å². The molecule has 2 atom stereocenters. The van der Waals surface area contributed by atoms with Crippen molar-refractivity contribution in [3.05, 3.63) is 35.4 Å². The van der Waals surface area contributed by atoms with Crippen molar-refractivity contribution in [3.8, 4) is 0 Å². The first-order chi connectivity index (χ1) is 10.0. The van der Waals surface area contributed by atoms with Crippen molar-refractivity contribution in [2.75, 3.05) is 32.7 Å². The lowest BCUT2D eigenvalue weighted by Crippen LogP contribution is -2.50. The van der Waals surface area contributed by atoms with E-state index in [-0.39, 0.29) is 0 Å². The van der Waals surface area contributed by atoms with E-state index in [1.54, 1.807) is 0 Å². The zero-order valence-electron chi connectivity index (χ0n) is 12.9. The summed E-state index contributed by atoms with van der Waals surface area (Å²) in [5, 5.41) is 0. The van der Waals surface area contributed by atoms with Crippen LogP contribution in [0.2, 0.25) is 0 Å². The lowest BCUT2D eigenvalue weighted by Gasteiger charge is -2.38. The Kier molecular flexibility index (Phi) is 5.67. The van der Waals surface area contributed by atoms with Crippen molar-refractivity contribution in [2.24, 2.45) is 5.73 Å². The molecule has 118 valence electrons. The highest BCUT2D eigenvalue weighted by Gasteiger charge is 2.22. The second kappa shape index (κ2) is 7.29. The van der Waals surface area contributed by atoms with Gasteiger partial charge in [0.2, 0.25) is 0 Å². The van der Waals surface area contributed by atoms with Gasteiger partial charge in [0.15, 0.2) is 0 Å².